The molecule has 1 aromatic rings. The number of nitrogens with one attached hydrogen (secondary N) is 1. The molecule has 0 radical (unpaired) electrons. The van der Waals surface area contributed by atoms with E-state index in [4.69, 9.17) is 0 Å². The van der Waals surface area contributed by atoms with E-state index in [1.807, 2.05) is 24.9 Å². The fourth-order valence-electron chi connectivity index (χ4n) is 2.38. The molecular formula is C13H22N4O. The van der Waals surface area contributed by atoms with Crippen LogP contribution in [0.1, 0.15) is 37.0 Å². The molecule has 0 bridgehead atoms. The average molecular weight is 250 g/mol. The normalized spacial score (nSPS) is 19.0. The summed E-state index contributed by atoms with van der Waals surface area (Å²) in [6, 6.07) is 1.90. The van der Waals surface area contributed by atoms with Gasteiger partial charge in [0.25, 0.3) is 5.91 Å². The molecule has 2 heterocycles. The lowest BCUT2D eigenvalue weighted by atomic mass is 10.0. The van der Waals surface area contributed by atoms with Crippen molar-refractivity contribution in [2.45, 2.75) is 32.7 Å². The Balaban J connectivity index is 2.17. The number of hydrogen-bond acceptors (Lipinski definition) is 3. The summed E-state index contributed by atoms with van der Waals surface area (Å²) in [5, 5.41) is 7.74. The standard InChI is InChI=1S/C13H22N4O/c1-5-10-8-11(16(4)15-10)12(18)17-7-6-14-13(2,3)9-17/h8,14H,5-7,9H2,1-4H3. The van der Waals surface area contributed by atoms with E-state index in [0.717, 1.165) is 31.7 Å². The largest absolute Gasteiger partial charge is 0.334 e. The number of amides is 1. The van der Waals surface area contributed by atoms with Crippen molar-refractivity contribution in [1.29, 1.82) is 0 Å². The highest BCUT2D eigenvalue weighted by atomic mass is 16.2. The summed E-state index contributed by atoms with van der Waals surface area (Å²) in [6.45, 7) is 8.62. The molecule has 0 aliphatic carbocycles. The second-order valence-electron chi connectivity index (χ2n) is 5.54. The predicted octanol–water partition coefficient (Wildman–Crippen LogP) is 0.806. The molecule has 1 N–H and O–H groups in total. The summed E-state index contributed by atoms with van der Waals surface area (Å²) >= 11 is 0. The number of carbonyl (C=O) groups excluding carboxylic acids is 1. The number of aryl methyl sites for hydroxylation is 2. The van der Waals surface area contributed by atoms with Crippen LogP contribution in [0.2, 0.25) is 0 Å². The van der Waals surface area contributed by atoms with Crippen molar-refractivity contribution in [3.63, 3.8) is 0 Å². The summed E-state index contributed by atoms with van der Waals surface area (Å²) < 4.78 is 1.69. The molecule has 1 amide bonds. The number of hydrogen-bond donors (Lipinski definition) is 1. The van der Waals surface area contributed by atoms with Crippen LogP contribution < -0.4 is 5.32 Å². The maximum absolute atomic E-state index is 12.5. The van der Waals surface area contributed by atoms with E-state index in [1.54, 1.807) is 4.68 Å². The molecule has 0 saturated carbocycles. The lowest BCUT2D eigenvalue weighted by Crippen LogP contribution is -2.58. The quantitative estimate of drug-likeness (QED) is 0.845. The van der Waals surface area contributed by atoms with Gasteiger partial charge in [-0.1, -0.05) is 6.92 Å². The molecule has 100 valence electrons. The minimum Gasteiger partial charge on any atom is -0.334 e. The Morgan fingerprint density at radius 2 is 2.28 bits per heavy atom. The van der Waals surface area contributed by atoms with Crippen LogP contribution in [-0.4, -0.2) is 45.8 Å². The van der Waals surface area contributed by atoms with E-state index < -0.39 is 0 Å². The molecule has 0 atom stereocenters. The molecule has 1 saturated heterocycles. The van der Waals surface area contributed by atoms with Crippen molar-refractivity contribution in [1.82, 2.24) is 20.0 Å². The molecule has 5 heteroatoms. The van der Waals surface area contributed by atoms with Crippen molar-refractivity contribution in [3.8, 4) is 0 Å². The van der Waals surface area contributed by atoms with E-state index in [1.165, 1.54) is 0 Å². The van der Waals surface area contributed by atoms with Crippen molar-refractivity contribution in [3.05, 3.63) is 17.5 Å². The molecular weight excluding hydrogens is 228 g/mol. The van der Waals surface area contributed by atoms with Gasteiger partial charge in [-0.25, -0.2) is 0 Å². The van der Waals surface area contributed by atoms with Gasteiger partial charge in [0.1, 0.15) is 5.69 Å². The van der Waals surface area contributed by atoms with E-state index in [9.17, 15) is 4.79 Å². The lowest BCUT2D eigenvalue weighted by molar-refractivity contribution is 0.0641. The summed E-state index contributed by atoms with van der Waals surface area (Å²) in [6.07, 6.45) is 0.855. The van der Waals surface area contributed by atoms with Gasteiger partial charge in [0.05, 0.1) is 5.69 Å². The summed E-state index contributed by atoms with van der Waals surface area (Å²) in [5.74, 6) is 0.0827. The lowest BCUT2D eigenvalue weighted by Gasteiger charge is -2.39. The van der Waals surface area contributed by atoms with E-state index in [-0.39, 0.29) is 11.4 Å². The van der Waals surface area contributed by atoms with E-state index in [2.05, 4.69) is 24.3 Å². The van der Waals surface area contributed by atoms with Crippen molar-refractivity contribution in [2.24, 2.45) is 7.05 Å². The minimum atomic E-state index is -0.0138. The third kappa shape index (κ3) is 2.56. The summed E-state index contributed by atoms with van der Waals surface area (Å²) in [5.41, 5.74) is 1.64. The van der Waals surface area contributed by atoms with Crippen LogP contribution in [-0.2, 0) is 13.5 Å². The molecule has 5 nitrogen and oxygen atoms in total. The van der Waals surface area contributed by atoms with Crippen molar-refractivity contribution in [2.75, 3.05) is 19.6 Å². The maximum Gasteiger partial charge on any atom is 0.272 e. The highest BCUT2D eigenvalue weighted by Crippen LogP contribution is 2.14. The number of rotatable bonds is 2. The molecule has 1 aliphatic rings. The van der Waals surface area contributed by atoms with Crippen molar-refractivity contribution < 1.29 is 4.79 Å². The Hall–Kier alpha value is -1.36. The third-order valence-corrected chi connectivity index (χ3v) is 3.37. The predicted molar refractivity (Wildman–Crippen MR) is 70.6 cm³/mol. The molecule has 0 unspecified atom stereocenters. The Bertz CT molecular complexity index is 450. The highest BCUT2D eigenvalue weighted by molar-refractivity contribution is 5.92. The zero-order valence-corrected chi connectivity index (χ0v) is 11.7. The monoisotopic (exact) mass is 250 g/mol. The van der Waals surface area contributed by atoms with Gasteiger partial charge in [0.15, 0.2) is 0 Å². The number of nitrogens with zero attached hydrogens (tertiary/aromatic N) is 3. The number of aromatic nitrogens is 2. The van der Waals surface area contributed by atoms with Gasteiger partial charge in [0, 0.05) is 32.2 Å². The zero-order chi connectivity index (χ0) is 13.3. The van der Waals surface area contributed by atoms with Crippen molar-refractivity contribution >= 4 is 5.91 Å². The highest BCUT2D eigenvalue weighted by Gasteiger charge is 2.30. The number of piperazine rings is 1. The van der Waals surface area contributed by atoms with Gasteiger partial charge in [-0.2, -0.15) is 5.10 Å². The van der Waals surface area contributed by atoms with Gasteiger partial charge in [-0.05, 0) is 26.3 Å². The van der Waals surface area contributed by atoms with E-state index in [0.29, 0.717) is 5.69 Å². The summed E-state index contributed by atoms with van der Waals surface area (Å²) in [7, 11) is 1.83. The molecule has 0 spiro atoms. The molecule has 2 rings (SSSR count). The third-order valence-electron chi connectivity index (χ3n) is 3.37. The zero-order valence-electron chi connectivity index (χ0n) is 11.7. The van der Waals surface area contributed by atoms with Gasteiger partial charge in [-0.15, -0.1) is 0 Å². The molecule has 1 aromatic heterocycles. The van der Waals surface area contributed by atoms with Gasteiger partial charge >= 0.3 is 0 Å². The van der Waals surface area contributed by atoms with E-state index >= 15 is 0 Å². The van der Waals surface area contributed by atoms with Gasteiger partial charge in [0.2, 0.25) is 0 Å². The first kappa shape index (κ1) is 13.1. The van der Waals surface area contributed by atoms with Crippen LogP contribution in [0.4, 0.5) is 0 Å². The smallest absolute Gasteiger partial charge is 0.272 e. The van der Waals surface area contributed by atoms with Crippen LogP contribution in [0.5, 0.6) is 0 Å². The second kappa shape index (κ2) is 4.72. The summed E-state index contributed by atoms with van der Waals surface area (Å²) in [4.78, 5) is 14.4. The second-order valence-corrected chi connectivity index (χ2v) is 5.54. The average Bonchev–Trinajstić information content (AvgIpc) is 2.68. The SMILES string of the molecule is CCc1cc(C(=O)N2CCNC(C)(C)C2)n(C)n1. The van der Waals surface area contributed by atoms with Gasteiger partial charge in [-0.3, -0.25) is 9.48 Å². The molecule has 0 aromatic carbocycles. The Labute approximate surface area is 108 Å². The fourth-order valence-corrected chi connectivity index (χ4v) is 2.38. The van der Waals surface area contributed by atoms with Crippen LogP contribution >= 0.6 is 0 Å². The molecule has 1 aliphatic heterocycles. The first-order chi connectivity index (χ1) is 8.43. The minimum absolute atomic E-state index is 0.0138. The topological polar surface area (TPSA) is 50.2 Å². The van der Waals surface area contributed by atoms with Gasteiger partial charge < -0.3 is 10.2 Å². The van der Waals surface area contributed by atoms with Crippen LogP contribution in [0.25, 0.3) is 0 Å². The molecule has 1 fully saturated rings. The Morgan fingerprint density at radius 1 is 1.56 bits per heavy atom. The Kier molecular flexibility index (Phi) is 3.43. The van der Waals surface area contributed by atoms with Crippen LogP contribution in [0.15, 0.2) is 6.07 Å². The van der Waals surface area contributed by atoms with Crippen LogP contribution in [0.3, 0.4) is 0 Å². The maximum atomic E-state index is 12.5. The first-order valence-corrected chi connectivity index (χ1v) is 6.50. The first-order valence-electron chi connectivity index (χ1n) is 6.50. The molecule has 18 heavy (non-hydrogen) atoms. The van der Waals surface area contributed by atoms with Crippen LogP contribution in [0, 0.1) is 0 Å². The fraction of sp³-hybridized carbons (Fsp3) is 0.692. The number of carbonyl (C=O) groups is 1. The Morgan fingerprint density at radius 3 is 2.83 bits per heavy atom.